The second-order valence-electron chi connectivity index (χ2n) is 5.43. The summed E-state index contributed by atoms with van der Waals surface area (Å²) in [6.07, 6.45) is 8.42. The Hall–Kier alpha value is -1.48. The van der Waals surface area contributed by atoms with Crippen LogP contribution >= 0.6 is 0 Å². The predicted molar refractivity (Wildman–Crippen MR) is 90.8 cm³/mol. The van der Waals surface area contributed by atoms with Crippen molar-refractivity contribution in [2.75, 3.05) is 11.9 Å². The first-order chi connectivity index (χ1) is 10.1. The van der Waals surface area contributed by atoms with Crippen molar-refractivity contribution in [1.29, 1.82) is 0 Å². The fourth-order valence-electron chi connectivity index (χ4n) is 2.36. The number of phenols is 1. The normalized spacial score (nSPS) is 12.8. The molecular weight excluding hydrogens is 262 g/mol. The first-order valence-electron chi connectivity index (χ1n) is 8.03. The average molecular weight is 291 g/mol. The SMILES string of the molecule is CC=Cc1c(CC(O)CC)ccc(O)c1NCCCCC. The molecule has 0 aromatic heterocycles. The van der Waals surface area contributed by atoms with E-state index in [-0.39, 0.29) is 11.9 Å². The van der Waals surface area contributed by atoms with Gasteiger partial charge in [0.25, 0.3) is 0 Å². The summed E-state index contributed by atoms with van der Waals surface area (Å²) >= 11 is 0. The quantitative estimate of drug-likeness (QED) is 0.468. The number of nitrogens with one attached hydrogen (secondary N) is 1. The van der Waals surface area contributed by atoms with Gasteiger partial charge < -0.3 is 15.5 Å². The third-order valence-corrected chi connectivity index (χ3v) is 3.66. The molecule has 1 aromatic rings. The van der Waals surface area contributed by atoms with Gasteiger partial charge in [-0.3, -0.25) is 0 Å². The standard InChI is InChI=1S/C18H29NO2/c1-4-7-8-12-19-18-16(9-5-2)14(10-11-17(18)21)13-15(20)6-3/h5,9-11,15,19-21H,4,6-8,12-13H2,1-3H3. The van der Waals surface area contributed by atoms with Gasteiger partial charge in [0, 0.05) is 12.1 Å². The predicted octanol–water partition coefficient (Wildman–Crippen LogP) is 4.34. The minimum Gasteiger partial charge on any atom is -0.506 e. The van der Waals surface area contributed by atoms with E-state index in [4.69, 9.17) is 0 Å². The fraction of sp³-hybridized carbons (Fsp3) is 0.556. The molecule has 0 amide bonds. The number of phenolic OH excluding ortho intramolecular Hbond substituents is 1. The summed E-state index contributed by atoms with van der Waals surface area (Å²) < 4.78 is 0. The van der Waals surface area contributed by atoms with Crippen LogP contribution in [0.4, 0.5) is 5.69 Å². The summed E-state index contributed by atoms with van der Waals surface area (Å²) in [4.78, 5) is 0. The molecule has 0 fully saturated rings. The molecule has 0 aliphatic rings. The summed E-state index contributed by atoms with van der Waals surface area (Å²) in [6, 6.07) is 3.62. The minimum atomic E-state index is -0.341. The van der Waals surface area contributed by atoms with Crippen LogP contribution in [0.5, 0.6) is 5.75 Å². The van der Waals surface area contributed by atoms with E-state index in [0.29, 0.717) is 6.42 Å². The van der Waals surface area contributed by atoms with Gasteiger partial charge in [-0.2, -0.15) is 0 Å². The molecule has 0 radical (unpaired) electrons. The smallest absolute Gasteiger partial charge is 0.139 e. The molecule has 1 unspecified atom stereocenters. The van der Waals surface area contributed by atoms with Gasteiger partial charge in [0.1, 0.15) is 5.75 Å². The lowest BCUT2D eigenvalue weighted by Gasteiger charge is -2.17. The van der Waals surface area contributed by atoms with Crippen LogP contribution in [0.15, 0.2) is 18.2 Å². The van der Waals surface area contributed by atoms with Crippen LogP contribution in [0.2, 0.25) is 0 Å². The Bertz CT molecular complexity index is 455. The Balaban J connectivity index is 2.99. The van der Waals surface area contributed by atoms with Gasteiger partial charge in [0.05, 0.1) is 11.8 Å². The van der Waals surface area contributed by atoms with E-state index in [0.717, 1.165) is 36.2 Å². The van der Waals surface area contributed by atoms with Gasteiger partial charge in [-0.15, -0.1) is 0 Å². The van der Waals surface area contributed by atoms with Crippen molar-refractivity contribution >= 4 is 11.8 Å². The molecule has 3 N–H and O–H groups in total. The number of aromatic hydroxyl groups is 1. The number of aliphatic hydroxyl groups excluding tert-OH is 1. The number of anilines is 1. The maximum absolute atomic E-state index is 10.1. The summed E-state index contributed by atoms with van der Waals surface area (Å²) in [5.74, 6) is 0.273. The Morgan fingerprint density at radius 2 is 2.00 bits per heavy atom. The fourth-order valence-corrected chi connectivity index (χ4v) is 2.36. The summed E-state index contributed by atoms with van der Waals surface area (Å²) in [5.41, 5.74) is 2.84. The highest BCUT2D eigenvalue weighted by atomic mass is 16.3. The lowest BCUT2D eigenvalue weighted by molar-refractivity contribution is 0.170. The molecule has 0 saturated heterocycles. The molecule has 1 rings (SSSR count). The van der Waals surface area contributed by atoms with E-state index < -0.39 is 0 Å². The van der Waals surface area contributed by atoms with E-state index in [1.54, 1.807) is 6.07 Å². The first kappa shape index (κ1) is 17.6. The van der Waals surface area contributed by atoms with Gasteiger partial charge in [-0.1, -0.05) is 44.9 Å². The Morgan fingerprint density at radius 3 is 2.62 bits per heavy atom. The third-order valence-electron chi connectivity index (χ3n) is 3.66. The first-order valence-corrected chi connectivity index (χ1v) is 8.03. The Morgan fingerprint density at radius 1 is 1.24 bits per heavy atom. The van der Waals surface area contributed by atoms with Crippen molar-refractivity contribution < 1.29 is 10.2 Å². The summed E-state index contributed by atoms with van der Waals surface area (Å²) in [5, 5.41) is 23.4. The summed E-state index contributed by atoms with van der Waals surface area (Å²) in [6.45, 7) is 6.97. The van der Waals surface area contributed by atoms with Crippen LogP contribution in [0, 0.1) is 0 Å². The highest BCUT2D eigenvalue weighted by Gasteiger charge is 2.13. The Labute approximate surface area is 128 Å². The van der Waals surface area contributed by atoms with Gasteiger partial charge in [0.2, 0.25) is 0 Å². The highest BCUT2D eigenvalue weighted by molar-refractivity contribution is 5.75. The Kier molecular flexibility index (Phi) is 7.91. The zero-order chi connectivity index (χ0) is 15.7. The number of aliphatic hydroxyl groups is 1. The molecule has 0 heterocycles. The number of hydrogen-bond donors (Lipinski definition) is 3. The number of allylic oxidation sites excluding steroid dienone is 1. The van der Waals surface area contributed by atoms with E-state index >= 15 is 0 Å². The molecule has 1 atom stereocenters. The average Bonchev–Trinajstić information content (AvgIpc) is 2.48. The van der Waals surface area contributed by atoms with Gasteiger partial charge >= 0.3 is 0 Å². The van der Waals surface area contributed by atoms with Crippen molar-refractivity contribution in [3.05, 3.63) is 29.3 Å². The van der Waals surface area contributed by atoms with Gasteiger partial charge in [-0.05, 0) is 37.8 Å². The molecule has 3 nitrogen and oxygen atoms in total. The molecule has 0 spiro atoms. The largest absolute Gasteiger partial charge is 0.506 e. The molecule has 1 aromatic carbocycles. The van der Waals surface area contributed by atoms with E-state index in [9.17, 15) is 10.2 Å². The molecule has 3 heteroatoms. The monoisotopic (exact) mass is 291 g/mol. The minimum absolute atomic E-state index is 0.273. The van der Waals surface area contributed by atoms with Crippen molar-refractivity contribution in [3.8, 4) is 5.75 Å². The van der Waals surface area contributed by atoms with E-state index in [1.807, 2.05) is 32.1 Å². The van der Waals surface area contributed by atoms with E-state index in [1.165, 1.54) is 12.8 Å². The molecule has 0 aliphatic carbocycles. The molecule has 118 valence electrons. The molecule has 0 bridgehead atoms. The lowest BCUT2D eigenvalue weighted by atomic mass is 9.97. The van der Waals surface area contributed by atoms with Crippen molar-refractivity contribution in [2.24, 2.45) is 0 Å². The molecule has 0 saturated carbocycles. The maximum atomic E-state index is 10.1. The van der Waals surface area contributed by atoms with Crippen LogP contribution in [-0.4, -0.2) is 22.9 Å². The third kappa shape index (κ3) is 5.43. The van der Waals surface area contributed by atoms with Crippen LogP contribution < -0.4 is 5.32 Å². The molecule has 21 heavy (non-hydrogen) atoms. The van der Waals surface area contributed by atoms with Crippen LogP contribution in [0.25, 0.3) is 6.08 Å². The number of benzene rings is 1. The van der Waals surface area contributed by atoms with Gasteiger partial charge in [-0.25, -0.2) is 0 Å². The van der Waals surface area contributed by atoms with E-state index in [2.05, 4.69) is 12.2 Å². The van der Waals surface area contributed by atoms with Crippen LogP contribution in [0.3, 0.4) is 0 Å². The lowest BCUT2D eigenvalue weighted by Crippen LogP contribution is -2.11. The zero-order valence-electron chi connectivity index (χ0n) is 13.5. The summed E-state index contributed by atoms with van der Waals surface area (Å²) in [7, 11) is 0. The second-order valence-corrected chi connectivity index (χ2v) is 5.43. The zero-order valence-corrected chi connectivity index (χ0v) is 13.5. The van der Waals surface area contributed by atoms with Crippen LogP contribution in [0.1, 0.15) is 57.6 Å². The molecular formula is C18H29NO2. The van der Waals surface area contributed by atoms with Crippen molar-refractivity contribution in [1.82, 2.24) is 0 Å². The maximum Gasteiger partial charge on any atom is 0.139 e. The number of rotatable bonds is 9. The molecule has 0 aliphatic heterocycles. The second kappa shape index (κ2) is 9.46. The number of hydrogen-bond acceptors (Lipinski definition) is 3. The topological polar surface area (TPSA) is 52.5 Å². The van der Waals surface area contributed by atoms with Gasteiger partial charge in [0.15, 0.2) is 0 Å². The highest BCUT2D eigenvalue weighted by Crippen LogP contribution is 2.32. The van der Waals surface area contributed by atoms with Crippen molar-refractivity contribution in [3.63, 3.8) is 0 Å². The van der Waals surface area contributed by atoms with Crippen LogP contribution in [-0.2, 0) is 6.42 Å². The van der Waals surface area contributed by atoms with Crippen molar-refractivity contribution in [2.45, 2.75) is 59.0 Å². The number of unbranched alkanes of at least 4 members (excludes halogenated alkanes) is 2.